The molecule has 0 aliphatic carbocycles. The van der Waals surface area contributed by atoms with Gasteiger partial charge in [-0.2, -0.15) is 0 Å². The SMILES string of the molecule is CN=C(NCc1cc(CNC(=NC)SCc2ccccc2)c2ccccc2c1)SCc1ccccc1. The van der Waals surface area contributed by atoms with Crippen molar-refractivity contribution in [3.05, 3.63) is 119 Å². The molecule has 6 heteroatoms. The van der Waals surface area contributed by atoms with Crippen LogP contribution in [0.25, 0.3) is 10.8 Å². The summed E-state index contributed by atoms with van der Waals surface area (Å²) in [5.74, 6) is 1.79. The van der Waals surface area contributed by atoms with Gasteiger partial charge in [-0.3, -0.25) is 9.98 Å². The molecule has 184 valence electrons. The van der Waals surface area contributed by atoms with Gasteiger partial charge >= 0.3 is 0 Å². The van der Waals surface area contributed by atoms with Crippen LogP contribution in [0.15, 0.2) is 107 Å². The molecule has 4 rings (SSSR count). The van der Waals surface area contributed by atoms with Crippen LogP contribution in [-0.4, -0.2) is 24.4 Å². The van der Waals surface area contributed by atoms with Crippen molar-refractivity contribution in [1.82, 2.24) is 10.6 Å². The van der Waals surface area contributed by atoms with Crippen molar-refractivity contribution in [3.8, 4) is 0 Å². The minimum Gasteiger partial charge on any atom is -0.361 e. The molecule has 0 aliphatic heterocycles. The third-order valence-electron chi connectivity index (χ3n) is 5.72. The summed E-state index contributed by atoms with van der Waals surface area (Å²) in [4.78, 5) is 8.93. The normalized spacial score (nSPS) is 12.1. The number of nitrogens with zero attached hydrogens (tertiary/aromatic N) is 2. The second-order valence-electron chi connectivity index (χ2n) is 8.29. The van der Waals surface area contributed by atoms with Crippen LogP contribution in [0.2, 0.25) is 0 Å². The molecule has 0 aliphatic rings. The molecule has 0 radical (unpaired) electrons. The molecule has 4 nitrogen and oxygen atoms in total. The van der Waals surface area contributed by atoms with Gasteiger partial charge in [-0.1, -0.05) is 115 Å². The zero-order valence-electron chi connectivity index (χ0n) is 20.8. The van der Waals surface area contributed by atoms with Crippen molar-refractivity contribution >= 4 is 44.6 Å². The quantitative estimate of drug-likeness (QED) is 0.200. The Kier molecular flexibility index (Phi) is 9.88. The fraction of sp³-hybridized carbons (Fsp3) is 0.200. The monoisotopic (exact) mass is 512 g/mol. The molecule has 0 saturated carbocycles. The van der Waals surface area contributed by atoms with E-state index < -0.39 is 0 Å². The number of nitrogens with one attached hydrogen (secondary N) is 2. The number of amidine groups is 2. The lowest BCUT2D eigenvalue weighted by Gasteiger charge is -2.14. The maximum atomic E-state index is 4.47. The Bertz CT molecular complexity index is 1300. The predicted molar refractivity (Wildman–Crippen MR) is 160 cm³/mol. The minimum absolute atomic E-state index is 0.723. The highest BCUT2D eigenvalue weighted by Gasteiger charge is 2.08. The van der Waals surface area contributed by atoms with Gasteiger partial charge in [-0.25, -0.2) is 0 Å². The van der Waals surface area contributed by atoms with Crippen molar-refractivity contribution in [2.24, 2.45) is 9.98 Å². The molecule has 0 aromatic heterocycles. The lowest BCUT2D eigenvalue weighted by Crippen LogP contribution is -2.22. The molecule has 2 N–H and O–H groups in total. The molecule has 0 spiro atoms. The average molecular weight is 513 g/mol. The van der Waals surface area contributed by atoms with Gasteiger partial charge in [0.25, 0.3) is 0 Å². The molecule has 36 heavy (non-hydrogen) atoms. The van der Waals surface area contributed by atoms with E-state index in [0.29, 0.717) is 0 Å². The molecular weight excluding hydrogens is 480 g/mol. The van der Waals surface area contributed by atoms with Gasteiger partial charge in [0.15, 0.2) is 10.3 Å². The van der Waals surface area contributed by atoms with Gasteiger partial charge in [-0.15, -0.1) is 0 Å². The maximum absolute atomic E-state index is 4.47. The summed E-state index contributed by atoms with van der Waals surface area (Å²) in [7, 11) is 3.69. The van der Waals surface area contributed by atoms with E-state index in [1.54, 1.807) is 23.5 Å². The first-order valence-corrected chi connectivity index (χ1v) is 14.0. The highest BCUT2D eigenvalue weighted by atomic mass is 32.2. The van der Waals surface area contributed by atoms with Crippen LogP contribution in [0.4, 0.5) is 0 Å². The van der Waals surface area contributed by atoms with E-state index in [1.165, 1.54) is 33.0 Å². The van der Waals surface area contributed by atoms with Crippen LogP contribution in [-0.2, 0) is 24.6 Å². The van der Waals surface area contributed by atoms with Gasteiger partial charge in [0.2, 0.25) is 0 Å². The molecule has 0 heterocycles. The Labute approximate surface area is 222 Å². The van der Waals surface area contributed by atoms with Crippen LogP contribution in [0.3, 0.4) is 0 Å². The largest absolute Gasteiger partial charge is 0.361 e. The number of aliphatic imine (C=N–C) groups is 2. The summed E-state index contributed by atoms with van der Waals surface area (Å²) >= 11 is 3.46. The van der Waals surface area contributed by atoms with Gasteiger partial charge < -0.3 is 10.6 Å². The molecular formula is C30H32N4S2. The second-order valence-corrected chi connectivity index (χ2v) is 10.2. The van der Waals surface area contributed by atoms with E-state index >= 15 is 0 Å². The first-order valence-electron chi connectivity index (χ1n) is 12.0. The number of hydrogen-bond donors (Lipinski definition) is 2. The number of benzene rings is 4. The van der Waals surface area contributed by atoms with E-state index in [-0.39, 0.29) is 0 Å². The molecule has 0 fully saturated rings. The van der Waals surface area contributed by atoms with E-state index in [2.05, 4.69) is 106 Å². The van der Waals surface area contributed by atoms with Gasteiger partial charge in [0, 0.05) is 38.7 Å². The number of fused-ring (bicyclic) bond motifs is 1. The smallest absolute Gasteiger partial charge is 0.156 e. The van der Waals surface area contributed by atoms with Crippen LogP contribution < -0.4 is 10.6 Å². The number of hydrogen-bond acceptors (Lipinski definition) is 4. The van der Waals surface area contributed by atoms with Crippen LogP contribution >= 0.6 is 23.5 Å². The minimum atomic E-state index is 0.723. The fourth-order valence-corrected chi connectivity index (χ4v) is 5.49. The Balaban J connectivity index is 1.40. The van der Waals surface area contributed by atoms with Gasteiger partial charge in [0.05, 0.1) is 0 Å². The first kappa shape index (κ1) is 25.9. The summed E-state index contributed by atoms with van der Waals surface area (Å²) in [6, 6.07) is 34.1. The maximum Gasteiger partial charge on any atom is 0.156 e. The van der Waals surface area contributed by atoms with Crippen molar-refractivity contribution in [2.45, 2.75) is 24.6 Å². The third-order valence-corrected chi connectivity index (χ3v) is 7.88. The van der Waals surface area contributed by atoms with E-state index in [1.807, 2.05) is 26.2 Å². The molecule has 0 amide bonds. The molecule has 0 atom stereocenters. The van der Waals surface area contributed by atoms with Crippen molar-refractivity contribution in [3.63, 3.8) is 0 Å². The van der Waals surface area contributed by atoms with E-state index in [0.717, 1.165) is 34.9 Å². The summed E-state index contributed by atoms with van der Waals surface area (Å²) in [5.41, 5.74) is 5.09. The first-order chi connectivity index (χ1) is 17.7. The topological polar surface area (TPSA) is 48.8 Å². The lowest BCUT2D eigenvalue weighted by molar-refractivity contribution is 0.903. The Morgan fingerprint density at radius 3 is 1.72 bits per heavy atom. The number of rotatable bonds is 8. The Morgan fingerprint density at radius 1 is 0.611 bits per heavy atom. The Hall–Kier alpha value is -3.22. The predicted octanol–water partition coefficient (Wildman–Crippen LogP) is 6.86. The van der Waals surface area contributed by atoms with Crippen LogP contribution in [0, 0.1) is 0 Å². The standard InChI is InChI=1S/C30H32N4S2/c1-31-29(35-21-23-11-5-3-6-12-23)33-19-25-17-26-15-9-10-16-28(26)27(18-25)20-34-30(32-2)36-22-24-13-7-4-8-14-24/h3-18H,19-22H2,1-2H3,(H,31,33)(H,32,34). The van der Waals surface area contributed by atoms with Crippen LogP contribution in [0.1, 0.15) is 22.3 Å². The van der Waals surface area contributed by atoms with Gasteiger partial charge in [0.1, 0.15) is 0 Å². The second kappa shape index (κ2) is 13.8. The molecule has 0 unspecified atom stereocenters. The summed E-state index contributed by atoms with van der Waals surface area (Å²) in [6.45, 7) is 1.45. The summed E-state index contributed by atoms with van der Waals surface area (Å²) in [6.07, 6.45) is 0. The van der Waals surface area contributed by atoms with Crippen LogP contribution in [0.5, 0.6) is 0 Å². The van der Waals surface area contributed by atoms with Crippen molar-refractivity contribution < 1.29 is 0 Å². The zero-order valence-corrected chi connectivity index (χ0v) is 22.4. The highest BCUT2D eigenvalue weighted by Crippen LogP contribution is 2.22. The summed E-state index contributed by atoms with van der Waals surface area (Å²) in [5, 5.41) is 11.5. The molecule has 0 bridgehead atoms. The highest BCUT2D eigenvalue weighted by molar-refractivity contribution is 8.13. The fourth-order valence-electron chi connectivity index (χ4n) is 3.90. The Morgan fingerprint density at radius 2 is 1.14 bits per heavy atom. The van der Waals surface area contributed by atoms with E-state index in [9.17, 15) is 0 Å². The summed E-state index contributed by atoms with van der Waals surface area (Å²) < 4.78 is 0. The average Bonchev–Trinajstić information content (AvgIpc) is 2.94. The molecule has 4 aromatic carbocycles. The van der Waals surface area contributed by atoms with Crippen molar-refractivity contribution in [2.75, 3.05) is 14.1 Å². The lowest BCUT2D eigenvalue weighted by atomic mass is 10.0. The molecule has 4 aromatic rings. The number of thioether (sulfide) groups is 2. The third kappa shape index (κ3) is 7.64. The van der Waals surface area contributed by atoms with Crippen molar-refractivity contribution in [1.29, 1.82) is 0 Å². The zero-order chi connectivity index (χ0) is 25.0. The van der Waals surface area contributed by atoms with Gasteiger partial charge in [-0.05, 0) is 39.1 Å². The molecule has 0 saturated heterocycles. The van der Waals surface area contributed by atoms with E-state index in [4.69, 9.17) is 0 Å².